The second-order valence-corrected chi connectivity index (χ2v) is 8.94. The molecule has 2 N–H and O–H groups in total. The van der Waals surface area contributed by atoms with Gasteiger partial charge in [-0.1, -0.05) is 41.9 Å². The van der Waals surface area contributed by atoms with Crippen molar-refractivity contribution in [3.63, 3.8) is 0 Å². The number of aromatic carboxylic acids is 1. The first-order chi connectivity index (χ1) is 15.2. The van der Waals surface area contributed by atoms with Crippen LogP contribution >= 0.6 is 11.6 Å². The Morgan fingerprint density at radius 2 is 1.56 bits per heavy atom. The van der Waals surface area contributed by atoms with Gasteiger partial charge in [-0.25, -0.2) is 22.0 Å². The fourth-order valence-corrected chi connectivity index (χ4v) is 4.94. The van der Waals surface area contributed by atoms with E-state index in [4.69, 9.17) is 16.7 Å². The van der Waals surface area contributed by atoms with Crippen LogP contribution in [0.25, 0.3) is 21.9 Å². The molecule has 0 saturated heterocycles. The summed E-state index contributed by atoms with van der Waals surface area (Å²) >= 11 is 6.21. The smallest absolute Gasteiger partial charge is 0.338 e. The van der Waals surface area contributed by atoms with Crippen LogP contribution in [0.15, 0.2) is 77.7 Å². The summed E-state index contributed by atoms with van der Waals surface area (Å²) in [7, 11) is -4.17. The minimum Gasteiger partial charge on any atom is -0.478 e. The molecule has 0 atom stereocenters. The third-order valence-electron chi connectivity index (χ3n) is 4.84. The molecule has 9 heteroatoms. The van der Waals surface area contributed by atoms with E-state index in [0.717, 1.165) is 18.2 Å². The Kier molecular flexibility index (Phi) is 5.58. The zero-order valence-electron chi connectivity index (χ0n) is 16.1. The molecule has 0 aromatic heterocycles. The molecule has 0 aliphatic rings. The Morgan fingerprint density at radius 1 is 0.875 bits per heavy atom. The van der Waals surface area contributed by atoms with Gasteiger partial charge in [0.15, 0.2) is 0 Å². The Labute approximate surface area is 186 Å². The van der Waals surface area contributed by atoms with Crippen LogP contribution in [0.3, 0.4) is 0 Å². The molecule has 0 bridgehead atoms. The van der Waals surface area contributed by atoms with E-state index in [2.05, 4.69) is 4.72 Å². The van der Waals surface area contributed by atoms with E-state index >= 15 is 0 Å². The highest BCUT2D eigenvalue weighted by Gasteiger charge is 2.21. The van der Waals surface area contributed by atoms with Gasteiger partial charge in [-0.05, 0) is 53.4 Å². The molecular formula is C23H14ClF2NO4S. The fourth-order valence-electron chi connectivity index (χ4n) is 3.41. The number of nitrogens with one attached hydrogen (secondary N) is 1. The second kappa shape index (κ2) is 8.22. The predicted octanol–water partition coefficient (Wildman–Crippen LogP) is 5.94. The molecule has 5 nitrogen and oxygen atoms in total. The molecule has 0 fully saturated rings. The minimum atomic E-state index is -4.17. The summed E-state index contributed by atoms with van der Waals surface area (Å²) < 4.78 is 55.7. The number of hydrogen-bond donors (Lipinski definition) is 2. The standard InChI is InChI=1S/C23H14ClF2NO4S/c24-20-11-13(25)5-7-17(20)16-8-10-22(18-4-2-1-3-15(16)18)32(30,31)27-14-6-9-21(26)19(12-14)23(28)29/h1-12,27H,(H,28,29). The summed E-state index contributed by atoms with van der Waals surface area (Å²) in [5.41, 5.74) is 0.389. The topological polar surface area (TPSA) is 83.5 Å². The molecule has 0 radical (unpaired) electrons. The van der Waals surface area contributed by atoms with Gasteiger partial charge in [0.1, 0.15) is 11.6 Å². The van der Waals surface area contributed by atoms with Gasteiger partial charge in [-0.3, -0.25) is 4.72 Å². The molecule has 0 amide bonds. The Morgan fingerprint density at radius 3 is 2.25 bits per heavy atom. The molecule has 0 aliphatic heterocycles. The van der Waals surface area contributed by atoms with Gasteiger partial charge in [0.05, 0.1) is 15.5 Å². The number of carbonyl (C=O) groups is 1. The van der Waals surface area contributed by atoms with Gasteiger partial charge in [-0.15, -0.1) is 0 Å². The first-order valence-corrected chi connectivity index (χ1v) is 11.1. The third kappa shape index (κ3) is 4.02. The maximum absolute atomic E-state index is 13.7. The predicted molar refractivity (Wildman–Crippen MR) is 119 cm³/mol. The Bertz CT molecular complexity index is 1490. The van der Waals surface area contributed by atoms with E-state index in [-0.39, 0.29) is 15.6 Å². The molecule has 4 aromatic carbocycles. The molecule has 0 saturated carbocycles. The molecule has 162 valence electrons. The highest BCUT2D eigenvalue weighted by molar-refractivity contribution is 7.93. The van der Waals surface area contributed by atoms with Crippen molar-refractivity contribution in [1.29, 1.82) is 0 Å². The highest BCUT2D eigenvalue weighted by atomic mass is 35.5. The lowest BCUT2D eigenvalue weighted by Gasteiger charge is -2.14. The van der Waals surface area contributed by atoms with E-state index in [1.54, 1.807) is 30.3 Å². The van der Waals surface area contributed by atoms with Crippen LogP contribution in [0.2, 0.25) is 5.02 Å². The number of carboxylic acid groups (broad SMARTS) is 1. The van der Waals surface area contributed by atoms with Crippen molar-refractivity contribution in [3.05, 3.63) is 95.0 Å². The molecule has 0 spiro atoms. The zero-order chi connectivity index (χ0) is 23.0. The van der Waals surface area contributed by atoms with Crippen molar-refractivity contribution in [3.8, 4) is 11.1 Å². The fraction of sp³-hybridized carbons (Fsp3) is 0. The Balaban J connectivity index is 1.83. The van der Waals surface area contributed by atoms with Crippen molar-refractivity contribution < 1.29 is 27.1 Å². The lowest BCUT2D eigenvalue weighted by atomic mass is 9.98. The molecular weight excluding hydrogens is 460 g/mol. The maximum atomic E-state index is 13.7. The monoisotopic (exact) mass is 473 g/mol. The SMILES string of the molecule is O=C(O)c1cc(NS(=O)(=O)c2ccc(-c3ccc(F)cc3Cl)c3ccccc23)ccc1F. The summed E-state index contributed by atoms with van der Waals surface area (Å²) in [4.78, 5) is 11.1. The van der Waals surface area contributed by atoms with Crippen molar-refractivity contribution >= 4 is 44.1 Å². The van der Waals surface area contributed by atoms with E-state index in [9.17, 15) is 22.0 Å². The quantitative estimate of drug-likeness (QED) is 0.376. The zero-order valence-corrected chi connectivity index (χ0v) is 17.7. The maximum Gasteiger partial charge on any atom is 0.338 e. The third-order valence-corrected chi connectivity index (χ3v) is 6.60. The van der Waals surface area contributed by atoms with Crippen molar-refractivity contribution in [2.24, 2.45) is 0 Å². The number of sulfonamides is 1. The summed E-state index contributed by atoms with van der Waals surface area (Å²) in [6, 6.07) is 16.5. The molecule has 4 rings (SSSR count). The molecule has 0 heterocycles. The highest BCUT2D eigenvalue weighted by Crippen LogP contribution is 2.37. The van der Waals surface area contributed by atoms with E-state index in [1.165, 1.54) is 24.3 Å². The average Bonchev–Trinajstić information content (AvgIpc) is 2.74. The Hall–Kier alpha value is -3.49. The lowest BCUT2D eigenvalue weighted by Crippen LogP contribution is -2.14. The molecule has 32 heavy (non-hydrogen) atoms. The number of fused-ring (bicyclic) bond motifs is 1. The summed E-state index contributed by atoms with van der Waals surface area (Å²) in [6.45, 7) is 0. The summed E-state index contributed by atoms with van der Waals surface area (Å²) in [5, 5.41) is 10.2. The van der Waals surface area contributed by atoms with E-state index in [1.807, 2.05) is 0 Å². The van der Waals surface area contributed by atoms with Crippen LogP contribution in [0.5, 0.6) is 0 Å². The minimum absolute atomic E-state index is 0.0729. The second-order valence-electron chi connectivity index (χ2n) is 6.89. The number of anilines is 1. The number of halogens is 3. The van der Waals surface area contributed by atoms with Crippen LogP contribution in [-0.2, 0) is 10.0 Å². The number of hydrogen-bond acceptors (Lipinski definition) is 3. The molecule has 0 aliphatic carbocycles. The van der Waals surface area contributed by atoms with E-state index < -0.39 is 33.2 Å². The average molecular weight is 474 g/mol. The number of rotatable bonds is 5. The van der Waals surface area contributed by atoms with Gasteiger partial charge >= 0.3 is 5.97 Å². The lowest BCUT2D eigenvalue weighted by molar-refractivity contribution is 0.0692. The molecule has 4 aromatic rings. The first-order valence-electron chi connectivity index (χ1n) is 9.20. The summed E-state index contributed by atoms with van der Waals surface area (Å²) in [6.07, 6.45) is 0. The van der Waals surface area contributed by atoms with Crippen LogP contribution in [-0.4, -0.2) is 19.5 Å². The normalized spacial score (nSPS) is 11.5. The van der Waals surface area contributed by atoms with Gasteiger partial charge in [-0.2, -0.15) is 0 Å². The summed E-state index contributed by atoms with van der Waals surface area (Å²) in [5.74, 6) is -2.99. The van der Waals surface area contributed by atoms with Crippen LogP contribution in [0.4, 0.5) is 14.5 Å². The van der Waals surface area contributed by atoms with Crippen molar-refractivity contribution in [2.45, 2.75) is 4.90 Å². The van der Waals surface area contributed by atoms with Crippen LogP contribution in [0, 0.1) is 11.6 Å². The van der Waals surface area contributed by atoms with Gasteiger partial charge < -0.3 is 5.11 Å². The van der Waals surface area contributed by atoms with E-state index in [0.29, 0.717) is 21.9 Å². The van der Waals surface area contributed by atoms with Gasteiger partial charge in [0.25, 0.3) is 10.0 Å². The van der Waals surface area contributed by atoms with Gasteiger partial charge in [0.2, 0.25) is 0 Å². The van der Waals surface area contributed by atoms with Gasteiger partial charge in [0, 0.05) is 16.6 Å². The van der Waals surface area contributed by atoms with Crippen LogP contribution in [0.1, 0.15) is 10.4 Å². The first kappa shape index (κ1) is 21.7. The number of carboxylic acids is 1. The van der Waals surface area contributed by atoms with Crippen molar-refractivity contribution in [1.82, 2.24) is 0 Å². The molecule has 0 unspecified atom stereocenters. The van der Waals surface area contributed by atoms with Crippen molar-refractivity contribution in [2.75, 3.05) is 4.72 Å². The number of benzene rings is 4. The van der Waals surface area contributed by atoms with Crippen LogP contribution < -0.4 is 4.72 Å². The largest absolute Gasteiger partial charge is 0.478 e.